The lowest BCUT2D eigenvalue weighted by Crippen LogP contribution is -2.34. The first-order valence-electron chi connectivity index (χ1n) is 8.91. The summed E-state index contributed by atoms with van der Waals surface area (Å²) in [6.07, 6.45) is 1.26. The van der Waals surface area contributed by atoms with Crippen molar-refractivity contribution < 1.29 is 18.7 Å². The summed E-state index contributed by atoms with van der Waals surface area (Å²) in [5.41, 5.74) is 0.997. The fourth-order valence-corrected chi connectivity index (χ4v) is 2.61. The summed E-state index contributed by atoms with van der Waals surface area (Å²) in [5, 5.41) is 12.5. The van der Waals surface area contributed by atoms with Crippen LogP contribution in [0.3, 0.4) is 0 Å². The minimum absolute atomic E-state index is 0.0491. The molecule has 0 aliphatic carbocycles. The van der Waals surface area contributed by atoms with Crippen molar-refractivity contribution in [1.82, 2.24) is 25.2 Å². The van der Waals surface area contributed by atoms with E-state index in [2.05, 4.69) is 26.0 Å². The van der Waals surface area contributed by atoms with Crippen molar-refractivity contribution in [2.24, 2.45) is 0 Å². The summed E-state index contributed by atoms with van der Waals surface area (Å²) in [7, 11) is 1.59. The quantitative estimate of drug-likeness (QED) is 0.493. The first-order valence-corrected chi connectivity index (χ1v) is 8.91. The van der Waals surface area contributed by atoms with Crippen molar-refractivity contribution in [3.8, 4) is 5.75 Å². The number of anilines is 1. The lowest BCUT2D eigenvalue weighted by atomic mass is 10.2. The first kappa shape index (κ1) is 20.1. The van der Waals surface area contributed by atoms with Gasteiger partial charge in [0.25, 0.3) is 5.91 Å². The van der Waals surface area contributed by atoms with Crippen LogP contribution in [-0.4, -0.2) is 46.6 Å². The van der Waals surface area contributed by atoms with Gasteiger partial charge in [-0.2, -0.15) is 0 Å². The Morgan fingerprint density at radius 1 is 1.17 bits per heavy atom. The molecule has 2 aromatic heterocycles. The number of ether oxygens (including phenoxy) is 1. The molecule has 9 nitrogen and oxygen atoms in total. The van der Waals surface area contributed by atoms with Crippen LogP contribution in [0.2, 0.25) is 0 Å². The summed E-state index contributed by atoms with van der Waals surface area (Å²) in [6, 6.07) is 8.64. The van der Waals surface area contributed by atoms with Gasteiger partial charge in [0.15, 0.2) is 17.2 Å². The number of benzene rings is 1. The van der Waals surface area contributed by atoms with Crippen LogP contribution in [0, 0.1) is 5.82 Å². The largest absolute Gasteiger partial charge is 0.497 e. The number of halogens is 1. The lowest BCUT2D eigenvalue weighted by Gasteiger charge is -2.09. The number of aromatic nitrogens is 3. The van der Waals surface area contributed by atoms with Gasteiger partial charge in [-0.25, -0.2) is 13.9 Å². The first-order chi connectivity index (χ1) is 14.0. The maximum absolute atomic E-state index is 14.4. The molecule has 0 aliphatic heterocycles. The minimum atomic E-state index is -0.602. The summed E-state index contributed by atoms with van der Waals surface area (Å²) in [4.78, 5) is 27.1. The van der Waals surface area contributed by atoms with Crippen LogP contribution in [0.15, 0.2) is 36.5 Å². The number of fused-ring (bicyclic) bond motifs is 1. The Hall–Kier alpha value is -3.69. The van der Waals surface area contributed by atoms with Gasteiger partial charge >= 0.3 is 0 Å². The number of imidazole rings is 1. The SMILES string of the molecule is COc1ccc(CNc2cc(F)c3ncc(C(=O)NCCNC(C)=O)n3n2)cc1. The molecule has 0 aliphatic rings. The van der Waals surface area contributed by atoms with Crippen LogP contribution in [0.25, 0.3) is 5.65 Å². The van der Waals surface area contributed by atoms with E-state index in [4.69, 9.17) is 4.74 Å². The zero-order chi connectivity index (χ0) is 20.8. The number of carbonyl (C=O) groups excluding carboxylic acids is 2. The van der Waals surface area contributed by atoms with Crippen molar-refractivity contribution in [3.63, 3.8) is 0 Å². The predicted octanol–water partition coefficient (Wildman–Crippen LogP) is 1.35. The van der Waals surface area contributed by atoms with Gasteiger partial charge in [0.2, 0.25) is 5.91 Å². The normalized spacial score (nSPS) is 10.6. The highest BCUT2D eigenvalue weighted by molar-refractivity contribution is 5.93. The van der Waals surface area contributed by atoms with E-state index >= 15 is 0 Å². The molecule has 0 fully saturated rings. The van der Waals surface area contributed by atoms with Crippen LogP contribution in [0.1, 0.15) is 23.0 Å². The van der Waals surface area contributed by atoms with Crippen molar-refractivity contribution in [2.45, 2.75) is 13.5 Å². The van der Waals surface area contributed by atoms with Crippen LogP contribution in [0.5, 0.6) is 5.75 Å². The van der Waals surface area contributed by atoms with Crippen LogP contribution in [-0.2, 0) is 11.3 Å². The molecule has 0 spiro atoms. The Bertz CT molecular complexity index is 1020. The van der Waals surface area contributed by atoms with Gasteiger partial charge in [0.1, 0.15) is 11.6 Å². The van der Waals surface area contributed by atoms with Gasteiger partial charge in [-0.1, -0.05) is 12.1 Å². The van der Waals surface area contributed by atoms with Crippen molar-refractivity contribution in [2.75, 3.05) is 25.5 Å². The third-order valence-corrected chi connectivity index (χ3v) is 4.07. The summed E-state index contributed by atoms with van der Waals surface area (Å²) >= 11 is 0. The average Bonchev–Trinajstić information content (AvgIpc) is 3.14. The van der Waals surface area contributed by atoms with Crippen molar-refractivity contribution in [1.29, 1.82) is 0 Å². The van der Waals surface area contributed by atoms with E-state index in [0.717, 1.165) is 15.8 Å². The Morgan fingerprint density at radius 3 is 2.59 bits per heavy atom. The summed E-state index contributed by atoms with van der Waals surface area (Å²) in [5.74, 6) is -0.259. The summed E-state index contributed by atoms with van der Waals surface area (Å²) in [6.45, 7) is 2.31. The number of amides is 2. The smallest absolute Gasteiger partial charge is 0.271 e. The fourth-order valence-electron chi connectivity index (χ4n) is 2.61. The average molecular weight is 400 g/mol. The molecule has 29 heavy (non-hydrogen) atoms. The molecule has 1 aromatic carbocycles. The Balaban J connectivity index is 1.71. The van der Waals surface area contributed by atoms with Crippen LogP contribution < -0.4 is 20.7 Å². The van der Waals surface area contributed by atoms with Gasteiger partial charge < -0.3 is 20.7 Å². The molecule has 0 radical (unpaired) electrons. The minimum Gasteiger partial charge on any atom is -0.497 e. The highest BCUT2D eigenvalue weighted by atomic mass is 19.1. The number of nitrogens with zero attached hydrogens (tertiary/aromatic N) is 3. The molecule has 152 valence electrons. The predicted molar refractivity (Wildman–Crippen MR) is 104 cm³/mol. The van der Waals surface area contributed by atoms with E-state index in [1.165, 1.54) is 19.2 Å². The molecular formula is C19H21FN6O3. The van der Waals surface area contributed by atoms with E-state index in [-0.39, 0.29) is 36.2 Å². The molecule has 3 N–H and O–H groups in total. The maximum atomic E-state index is 14.4. The van der Waals surface area contributed by atoms with Crippen molar-refractivity contribution >= 4 is 23.3 Å². The molecule has 10 heteroatoms. The fraction of sp³-hybridized carbons (Fsp3) is 0.263. The highest BCUT2D eigenvalue weighted by Gasteiger charge is 2.16. The number of rotatable bonds is 8. The van der Waals surface area contributed by atoms with E-state index in [9.17, 15) is 14.0 Å². The zero-order valence-corrected chi connectivity index (χ0v) is 16.0. The van der Waals surface area contributed by atoms with E-state index < -0.39 is 11.7 Å². The second-order valence-electron chi connectivity index (χ2n) is 6.20. The Morgan fingerprint density at radius 2 is 1.90 bits per heavy atom. The van der Waals surface area contributed by atoms with E-state index in [0.29, 0.717) is 6.54 Å². The van der Waals surface area contributed by atoms with Crippen molar-refractivity contribution in [3.05, 3.63) is 53.6 Å². The zero-order valence-electron chi connectivity index (χ0n) is 16.0. The number of nitrogens with one attached hydrogen (secondary N) is 3. The van der Waals surface area contributed by atoms with Crippen LogP contribution in [0.4, 0.5) is 10.2 Å². The molecule has 0 bridgehead atoms. The van der Waals surface area contributed by atoms with Gasteiger partial charge in [-0.3, -0.25) is 9.59 Å². The maximum Gasteiger partial charge on any atom is 0.271 e. The topological polar surface area (TPSA) is 110 Å². The molecule has 3 rings (SSSR count). The lowest BCUT2D eigenvalue weighted by molar-refractivity contribution is -0.118. The Kier molecular flexibility index (Phi) is 6.22. The number of carbonyl (C=O) groups is 2. The third-order valence-electron chi connectivity index (χ3n) is 4.07. The van der Waals surface area contributed by atoms with E-state index in [1.54, 1.807) is 7.11 Å². The molecular weight excluding hydrogens is 379 g/mol. The molecule has 3 aromatic rings. The number of hydrogen-bond donors (Lipinski definition) is 3. The van der Waals surface area contributed by atoms with Gasteiger partial charge in [0.05, 0.1) is 13.3 Å². The van der Waals surface area contributed by atoms with Gasteiger partial charge in [-0.05, 0) is 17.7 Å². The third kappa shape index (κ3) is 4.98. The molecule has 0 saturated carbocycles. The van der Waals surface area contributed by atoms with E-state index in [1.807, 2.05) is 24.3 Å². The van der Waals surface area contributed by atoms with Gasteiger partial charge in [0, 0.05) is 32.6 Å². The molecule has 2 amide bonds. The Labute approximate surface area is 166 Å². The van der Waals surface area contributed by atoms with Crippen LogP contribution >= 0.6 is 0 Å². The second-order valence-corrected chi connectivity index (χ2v) is 6.20. The molecule has 2 heterocycles. The van der Waals surface area contributed by atoms with Gasteiger partial charge in [-0.15, -0.1) is 5.10 Å². The molecule has 0 saturated heterocycles. The standard InChI is InChI=1S/C19H21FN6O3/c1-12(27)21-7-8-22-19(28)16-11-24-18-15(20)9-17(25-26(16)18)23-10-13-3-5-14(29-2)6-4-13/h3-6,9,11H,7-8,10H2,1-2H3,(H,21,27)(H,22,28)(H,23,25). The molecule has 0 atom stereocenters. The monoisotopic (exact) mass is 400 g/mol. The molecule has 0 unspecified atom stereocenters. The second kappa shape index (κ2) is 9.00. The summed E-state index contributed by atoms with van der Waals surface area (Å²) < 4.78 is 20.7. The highest BCUT2D eigenvalue weighted by Crippen LogP contribution is 2.16. The number of methoxy groups -OCH3 is 1. The number of hydrogen-bond acceptors (Lipinski definition) is 6.